The maximum atomic E-state index is 5.92. The number of nitrogens with two attached hydrogens (primary N) is 1. The summed E-state index contributed by atoms with van der Waals surface area (Å²) < 4.78 is 1.99. The standard InChI is InChI=1S/C24H21N11/c1-13-9-35(12-28-13)20-4-5-27-24-15(20)6-18(31-24)23-22-17(32-33-23)3-2-16(30-22)19-7-26-8-21(29-19)34-10-14(25)11-34/h2-9,12,14H,10-11,25H2,1H3,(H,27,31)(H,32,33). The smallest absolute Gasteiger partial charge is 0.147 e. The predicted molar refractivity (Wildman–Crippen MR) is 132 cm³/mol. The van der Waals surface area contributed by atoms with Gasteiger partial charge in [-0.15, -0.1) is 0 Å². The Morgan fingerprint density at radius 1 is 1.06 bits per heavy atom. The van der Waals surface area contributed by atoms with E-state index in [1.54, 1.807) is 24.9 Å². The maximum absolute atomic E-state index is 5.92. The van der Waals surface area contributed by atoms with Crippen LogP contribution in [-0.4, -0.2) is 63.8 Å². The Hall–Kier alpha value is -4.64. The van der Waals surface area contributed by atoms with Crippen molar-refractivity contribution in [1.29, 1.82) is 0 Å². The van der Waals surface area contributed by atoms with E-state index in [-0.39, 0.29) is 6.04 Å². The van der Waals surface area contributed by atoms with E-state index in [9.17, 15) is 0 Å². The van der Waals surface area contributed by atoms with E-state index in [4.69, 9.17) is 15.7 Å². The van der Waals surface area contributed by atoms with Crippen molar-refractivity contribution in [2.24, 2.45) is 5.73 Å². The molecule has 0 aromatic carbocycles. The maximum Gasteiger partial charge on any atom is 0.147 e. The molecule has 7 rings (SSSR count). The number of hydrogen-bond acceptors (Lipinski definition) is 8. The highest BCUT2D eigenvalue weighted by Crippen LogP contribution is 2.31. The van der Waals surface area contributed by atoms with E-state index in [0.29, 0.717) is 11.4 Å². The number of imidazole rings is 1. The SMILES string of the molecule is Cc1cn(-c2ccnc3[nH]c(-c4n[nH]c5ccc(-c6cncc(N7CC(N)C7)n6)nc45)cc23)cn1. The van der Waals surface area contributed by atoms with Crippen LogP contribution in [0.25, 0.3) is 50.5 Å². The molecule has 0 bridgehead atoms. The molecule has 0 saturated carbocycles. The van der Waals surface area contributed by atoms with E-state index < -0.39 is 0 Å². The number of rotatable bonds is 4. The van der Waals surface area contributed by atoms with E-state index >= 15 is 0 Å². The van der Waals surface area contributed by atoms with Crippen molar-refractivity contribution in [3.8, 4) is 28.5 Å². The summed E-state index contributed by atoms with van der Waals surface area (Å²) in [6.07, 6.45) is 9.06. The Balaban J connectivity index is 1.31. The van der Waals surface area contributed by atoms with Gasteiger partial charge in [-0.25, -0.2) is 19.9 Å². The Labute approximate surface area is 199 Å². The number of pyridine rings is 2. The molecule has 0 spiro atoms. The highest BCUT2D eigenvalue weighted by Gasteiger charge is 2.25. The number of aryl methyl sites for hydroxylation is 1. The van der Waals surface area contributed by atoms with Gasteiger partial charge in [0.05, 0.1) is 47.0 Å². The minimum atomic E-state index is 0.188. The molecule has 0 atom stereocenters. The first kappa shape index (κ1) is 19.8. The zero-order chi connectivity index (χ0) is 23.5. The lowest BCUT2D eigenvalue weighted by atomic mass is 10.1. The molecule has 6 aromatic rings. The highest BCUT2D eigenvalue weighted by atomic mass is 15.3. The lowest BCUT2D eigenvalue weighted by molar-refractivity contribution is 0.514. The molecule has 0 radical (unpaired) electrons. The molecule has 0 aliphatic carbocycles. The summed E-state index contributed by atoms with van der Waals surface area (Å²) in [6, 6.07) is 8.09. The molecule has 1 saturated heterocycles. The van der Waals surface area contributed by atoms with Gasteiger partial charge < -0.3 is 20.2 Å². The van der Waals surface area contributed by atoms with Crippen LogP contribution in [-0.2, 0) is 0 Å². The van der Waals surface area contributed by atoms with Gasteiger partial charge >= 0.3 is 0 Å². The topological polar surface area (TPSA) is 143 Å². The first-order valence-electron chi connectivity index (χ1n) is 11.3. The third-order valence-corrected chi connectivity index (χ3v) is 6.28. The van der Waals surface area contributed by atoms with Gasteiger partial charge in [0.25, 0.3) is 0 Å². The van der Waals surface area contributed by atoms with E-state index in [1.807, 2.05) is 42.0 Å². The van der Waals surface area contributed by atoms with Gasteiger partial charge in [-0.05, 0) is 31.2 Å². The zero-order valence-electron chi connectivity index (χ0n) is 18.8. The molecule has 1 aliphatic heterocycles. The summed E-state index contributed by atoms with van der Waals surface area (Å²) in [5.41, 5.74) is 13.2. The van der Waals surface area contributed by atoms with Crippen molar-refractivity contribution in [3.63, 3.8) is 0 Å². The molecular formula is C24H21N11. The van der Waals surface area contributed by atoms with Crippen LogP contribution in [0, 0.1) is 6.92 Å². The van der Waals surface area contributed by atoms with Crippen molar-refractivity contribution in [2.75, 3.05) is 18.0 Å². The average Bonchev–Trinajstić information content (AvgIpc) is 3.59. The molecule has 7 heterocycles. The molecule has 0 unspecified atom stereocenters. The molecule has 11 nitrogen and oxygen atoms in total. The number of fused-ring (bicyclic) bond motifs is 2. The molecule has 172 valence electrons. The second-order valence-corrected chi connectivity index (χ2v) is 8.79. The number of anilines is 1. The number of hydrogen-bond donors (Lipinski definition) is 3. The summed E-state index contributed by atoms with van der Waals surface area (Å²) in [6.45, 7) is 3.53. The second kappa shape index (κ2) is 7.43. The summed E-state index contributed by atoms with van der Waals surface area (Å²) in [5, 5.41) is 8.61. The molecule has 6 aromatic heterocycles. The number of nitrogens with one attached hydrogen (secondary N) is 2. The van der Waals surface area contributed by atoms with Crippen LogP contribution < -0.4 is 10.6 Å². The molecule has 11 heteroatoms. The molecular weight excluding hydrogens is 442 g/mol. The Kier molecular flexibility index (Phi) is 4.20. The molecule has 1 fully saturated rings. The fraction of sp³-hybridized carbons (Fsp3) is 0.167. The Morgan fingerprint density at radius 3 is 2.80 bits per heavy atom. The highest BCUT2D eigenvalue weighted by molar-refractivity contribution is 5.95. The van der Waals surface area contributed by atoms with Crippen molar-refractivity contribution in [1.82, 2.24) is 44.7 Å². The monoisotopic (exact) mass is 463 g/mol. The van der Waals surface area contributed by atoms with Crippen LogP contribution in [0.15, 0.2) is 55.4 Å². The minimum absolute atomic E-state index is 0.188. The largest absolute Gasteiger partial charge is 0.352 e. The quantitative estimate of drug-likeness (QED) is 0.362. The number of aromatic nitrogens is 9. The van der Waals surface area contributed by atoms with Crippen LogP contribution in [0.1, 0.15) is 5.69 Å². The van der Waals surface area contributed by atoms with Crippen LogP contribution in [0.4, 0.5) is 5.82 Å². The van der Waals surface area contributed by atoms with Gasteiger partial charge in [0.15, 0.2) is 0 Å². The van der Waals surface area contributed by atoms with Crippen molar-refractivity contribution < 1.29 is 0 Å². The first-order chi connectivity index (χ1) is 17.1. The third-order valence-electron chi connectivity index (χ3n) is 6.28. The third kappa shape index (κ3) is 3.24. The second-order valence-electron chi connectivity index (χ2n) is 8.79. The van der Waals surface area contributed by atoms with E-state index in [2.05, 4.69) is 35.0 Å². The van der Waals surface area contributed by atoms with Gasteiger partial charge in [0.2, 0.25) is 0 Å². The van der Waals surface area contributed by atoms with Crippen molar-refractivity contribution in [2.45, 2.75) is 13.0 Å². The normalized spacial score (nSPS) is 14.2. The summed E-state index contributed by atoms with van der Waals surface area (Å²) in [4.78, 5) is 28.4. The van der Waals surface area contributed by atoms with Crippen molar-refractivity contribution >= 4 is 27.9 Å². The van der Waals surface area contributed by atoms with Crippen LogP contribution in [0.2, 0.25) is 0 Å². The molecule has 4 N–H and O–H groups in total. The fourth-order valence-electron chi connectivity index (χ4n) is 4.48. The van der Waals surface area contributed by atoms with Crippen LogP contribution >= 0.6 is 0 Å². The minimum Gasteiger partial charge on any atom is -0.352 e. The first-order valence-corrected chi connectivity index (χ1v) is 11.3. The number of nitrogens with zero attached hydrogens (tertiary/aromatic N) is 8. The summed E-state index contributed by atoms with van der Waals surface area (Å²) in [5.74, 6) is 0.808. The fourth-order valence-corrected chi connectivity index (χ4v) is 4.48. The van der Waals surface area contributed by atoms with E-state index in [1.165, 1.54) is 0 Å². The summed E-state index contributed by atoms with van der Waals surface area (Å²) in [7, 11) is 0. The van der Waals surface area contributed by atoms with E-state index in [0.717, 1.165) is 63.7 Å². The predicted octanol–water partition coefficient (Wildman–Crippen LogP) is 2.60. The van der Waals surface area contributed by atoms with Crippen LogP contribution in [0.5, 0.6) is 0 Å². The number of aromatic amines is 2. The summed E-state index contributed by atoms with van der Waals surface area (Å²) >= 11 is 0. The average molecular weight is 464 g/mol. The molecule has 1 aliphatic rings. The van der Waals surface area contributed by atoms with Gasteiger partial charge in [-0.1, -0.05) is 0 Å². The van der Waals surface area contributed by atoms with Gasteiger partial charge in [0, 0.05) is 36.9 Å². The Morgan fingerprint density at radius 2 is 1.97 bits per heavy atom. The molecule has 0 amide bonds. The van der Waals surface area contributed by atoms with Crippen LogP contribution in [0.3, 0.4) is 0 Å². The lowest BCUT2D eigenvalue weighted by Crippen LogP contribution is -2.56. The van der Waals surface area contributed by atoms with Gasteiger partial charge in [0.1, 0.15) is 28.4 Å². The lowest BCUT2D eigenvalue weighted by Gasteiger charge is -2.37. The van der Waals surface area contributed by atoms with Gasteiger partial charge in [-0.2, -0.15) is 5.10 Å². The van der Waals surface area contributed by atoms with Gasteiger partial charge in [-0.3, -0.25) is 10.1 Å². The Bertz CT molecular complexity index is 1700. The number of H-pyrrole nitrogens is 2. The van der Waals surface area contributed by atoms with Crippen molar-refractivity contribution in [3.05, 3.63) is 61.1 Å². The zero-order valence-corrected chi connectivity index (χ0v) is 18.8. The molecule has 35 heavy (non-hydrogen) atoms.